The Morgan fingerprint density at radius 3 is 2.95 bits per heavy atom. The van der Waals surface area contributed by atoms with Crippen LogP contribution in [0.2, 0.25) is 0 Å². The number of carbonyl (C=O) groups excluding carboxylic acids is 1. The van der Waals surface area contributed by atoms with Crippen molar-refractivity contribution in [3.63, 3.8) is 0 Å². The fourth-order valence-corrected chi connectivity index (χ4v) is 1.99. The number of ether oxygens (including phenoxy) is 1. The largest absolute Gasteiger partial charge is 0.480 e. The lowest BCUT2D eigenvalue weighted by Gasteiger charge is -2.24. The highest BCUT2D eigenvalue weighted by molar-refractivity contribution is 5.96. The summed E-state index contributed by atoms with van der Waals surface area (Å²) in [6, 6.07) is 8.16. The van der Waals surface area contributed by atoms with Gasteiger partial charge in [0.15, 0.2) is 18.2 Å². The maximum atomic E-state index is 13.7. The second kappa shape index (κ2) is 4.35. The molecule has 2 aromatic rings. The summed E-state index contributed by atoms with van der Waals surface area (Å²) in [4.78, 5) is 17.1. The Morgan fingerprint density at radius 1 is 1.37 bits per heavy atom. The van der Waals surface area contributed by atoms with Crippen molar-refractivity contribution < 1.29 is 13.9 Å². The molecule has 0 radical (unpaired) electrons. The lowest BCUT2D eigenvalue weighted by atomic mass is 10.1. The standard InChI is InChI=1S/C14H11FN2O2/c1-17-13(18)8-19-12-6-9(7-16-14(12)17)10-4-2-3-5-11(10)15/h2-7H,8H2,1H3. The van der Waals surface area contributed by atoms with E-state index < -0.39 is 0 Å². The van der Waals surface area contributed by atoms with Crippen molar-refractivity contribution in [2.45, 2.75) is 0 Å². The van der Waals surface area contributed by atoms with Crippen molar-refractivity contribution in [3.05, 3.63) is 42.3 Å². The Kier molecular flexibility index (Phi) is 2.67. The maximum absolute atomic E-state index is 13.7. The van der Waals surface area contributed by atoms with Gasteiger partial charge in [0.2, 0.25) is 0 Å². The number of carbonyl (C=O) groups is 1. The Balaban J connectivity index is 2.08. The van der Waals surface area contributed by atoms with Crippen LogP contribution in [0.25, 0.3) is 11.1 Å². The summed E-state index contributed by atoms with van der Waals surface area (Å²) >= 11 is 0. The van der Waals surface area contributed by atoms with Gasteiger partial charge in [-0.05, 0) is 12.1 Å². The zero-order valence-corrected chi connectivity index (χ0v) is 10.3. The molecule has 2 heterocycles. The molecule has 0 N–H and O–H groups in total. The van der Waals surface area contributed by atoms with Gasteiger partial charge in [0, 0.05) is 24.4 Å². The number of pyridine rings is 1. The highest BCUT2D eigenvalue weighted by atomic mass is 19.1. The van der Waals surface area contributed by atoms with E-state index in [0.29, 0.717) is 22.7 Å². The molecule has 0 bridgehead atoms. The van der Waals surface area contributed by atoms with E-state index in [2.05, 4.69) is 4.98 Å². The van der Waals surface area contributed by atoms with Gasteiger partial charge < -0.3 is 4.74 Å². The normalized spacial score (nSPS) is 14.0. The van der Waals surface area contributed by atoms with Crippen molar-refractivity contribution in [2.24, 2.45) is 0 Å². The van der Waals surface area contributed by atoms with Gasteiger partial charge in [-0.1, -0.05) is 18.2 Å². The summed E-state index contributed by atoms with van der Waals surface area (Å²) in [6.07, 6.45) is 1.54. The van der Waals surface area contributed by atoms with Gasteiger partial charge in [0.05, 0.1) is 0 Å². The first-order chi connectivity index (χ1) is 9.16. The smallest absolute Gasteiger partial charge is 0.265 e. The van der Waals surface area contributed by atoms with E-state index in [1.54, 1.807) is 31.3 Å². The second-order valence-electron chi connectivity index (χ2n) is 4.27. The summed E-state index contributed by atoms with van der Waals surface area (Å²) in [5, 5.41) is 0. The van der Waals surface area contributed by atoms with Crippen LogP contribution < -0.4 is 9.64 Å². The van der Waals surface area contributed by atoms with E-state index in [1.165, 1.54) is 17.2 Å². The number of hydrogen-bond acceptors (Lipinski definition) is 3. The molecule has 5 heteroatoms. The molecule has 0 saturated heterocycles. The monoisotopic (exact) mass is 258 g/mol. The Morgan fingerprint density at radius 2 is 2.16 bits per heavy atom. The van der Waals surface area contributed by atoms with Crippen molar-refractivity contribution in [1.29, 1.82) is 0 Å². The number of hydrogen-bond donors (Lipinski definition) is 0. The third kappa shape index (κ3) is 1.93. The number of benzene rings is 1. The maximum Gasteiger partial charge on any atom is 0.265 e. The van der Waals surface area contributed by atoms with Gasteiger partial charge in [-0.15, -0.1) is 0 Å². The van der Waals surface area contributed by atoms with Crippen LogP contribution >= 0.6 is 0 Å². The van der Waals surface area contributed by atoms with E-state index in [0.717, 1.165) is 0 Å². The second-order valence-corrected chi connectivity index (χ2v) is 4.27. The minimum absolute atomic E-state index is 0.0219. The average Bonchev–Trinajstić information content (AvgIpc) is 2.43. The molecule has 0 atom stereocenters. The summed E-state index contributed by atoms with van der Waals surface area (Å²) in [5.74, 6) is 0.474. The van der Waals surface area contributed by atoms with Crippen LogP contribution in [0, 0.1) is 5.82 Å². The third-order valence-corrected chi connectivity index (χ3v) is 3.06. The van der Waals surface area contributed by atoms with E-state index in [1.807, 2.05) is 0 Å². The van der Waals surface area contributed by atoms with Crippen molar-refractivity contribution in [2.75, 3.05) is 18.6 Å². The molecule has 0 fully saturated rings. The van der Waals surface area contributed by atoms with Crippen molar-refractivity contribution >= 4 is 11.7 Å². The molecule has 0 spiro atoms. The SMILES string of the molecule is CN1C(=O)COc2cc(-c3ccccc3F)cnc21. The van der Waals surface area contributed by atoms with Crippen LogP contribution in [0.3, 0.4) is 0 Å². The quantitative estimate of drug-likeness (QED) is 0.787. The van der Waals surface area contributed by atoms with Crippen LogP contribution in [0.15, 0.2) is 36.5 Å². The van der Waals surface area contributed by atoms with E-state index in [9.17, 15) is 9.18 Å². The number of halogens is 1. The number of anilines is 1. The average molecular weight is 258 g/mol. The number of likely N-dealkylation sites (N-methyl/N-ethyl adjacent to an activating group) is 1. The third-order valence-electron chi connectivity index (χ3n) is 3.06. The molecule has 3 rings (SSSR count). The number of fused-ring (bicyclic) bond motifs is 1. The molecule has 1 aliphatic rings. The van der Waals surface area contributed by atoms with Crippen LogP contribution in [-0.4, -0.2) is 24.5 Å². The zero-order chi connectivity index (χ0) is 13.4. The van der Waals surface area contributed by atoms with E-state index >= 15 is 0 Å². The van der Waals surface area contributed by atoms with E-state index in [4.69, 9.17) is 4.74 Å². The van der Waals surface area contributed by atoms with E-state index in [-0.39, 0.29) is 18.3 Å². The molecule has 1 amide bonds. The highest BCUT2D eigenvalue weighted by Gasteiger charge is 2.24. The predicted octanol–water partition coefficient (Wildman–Crippen LogP) is 2.24. The first kappa shape index (κ1) is 11.6. The van der Waals surface area contributed by atoms with Crippen LogP contribution in [0.5, 0.6) is 5.75 Å². The molecule has 0 aliphatic carbocycles. The number of nitrogens with zero attached hydrogens (tertiary/aromatic N) is 2. The zero-order valence-electron chi connectivity index (χ0n) is 10.3. The molecular weight excluding hydrogens is 247 g/mol. The van der Waals surface area contributed by atoms with Crippen LogP contribution in [-0.2, 0) is 4.79 Å². The molecule has 1 aromatic carbocycles. The number of aromatic nitrogens is 1. The molecule has 4 nitrogen and oxygen atoms in total. The van der Waals surface area contributed by atoms with Gasteiger partial charge in [0.25, 0.3) is 5.91 Å². The molecule has 0 saturated carbocycles. The molecule has 96 valence electrons. The Bertz CT molecular complexity index is 658. The lowest BCUT2D eigenvalue weighted by molar-refractivity contribution is -0.121. The predicted molar refractivity (Wildman–Crippen MR) is 68.5 cm³/mol. The molecule has 1 aliphatic heterocycles. The van der Waals surface area contributed by atoms with Crippen molar-refractivity contribution in [3.8, 4) is 16.9 Å². The van der Waals surface area contributed by atoms with Crippen LogP contribution in [0.4, 0.5) is 10.2 Å². The van der Waals surface area contributed by atoms with Gasteiger partial charge in [0.1, 0.15) is 5.82 Å². The fourth-order valence-electron chi connectivity index (χ4n) is 1.99. The first-order valence-corrected chi connectivity index (χ1v) is 5.81. The molecular formula is C14H11FN2O2. The van der Waals surface area contributed by atoms with Gasteiger partial charge in [-0.25, -0.2) is 9.37 Å². The van der Waals surface area contributed by atoms with Gasteiger partial charge in [-0.3, -0.25) is 9.69 Å². The summed E-state index contributed by atoms with van der Waals surface area (Å²) in [5.41, 5.74) is 1.08. The Labute approximate surface area is 109 Å². The molecule has 1 aromatic heterocycles. The Hall–Kier alpha value is -2.43. The minimum Gasteiger partial charge on any atom is -0.480 e. The molecule has 0 unspecified atom stereocenters. The number of amides is 1. The van der Waals surface area contributed by atoms with Crippen LogP contribution in [0.1, 0.15) is 0 Å². The van der Waals surface area contributed by atoms with Gasteiger partial charge >= 0.3 is 0 Å². The highest BCUT2D eigenvalue weighted by Crippen LogP contribution is 2.33. The number of rotatable bonds is 1. The topological polar surface area (TPSA) is 42.4 Å². The summed E-state index contributed by atoms with van der Waals surface area (Å²) < 4.78 is 19.0. The summed E-state index contributed by atoms with van der Waals surface area (Å²) in [7, 11) is 1.64. The van der Waals surface area contributed by atoms with Gasteiger partial charge in [-0.2, -0.15) is 0 Å². The molecule has 19 heavy (non-hydrogen) atoms. The van der Waals surface area contributed by atoms with Crippen molar-refractivity contribution in [1.82, 2.24) is 4.98 Å². The minimum atomic E-state index is -0.315. The summed E-state index contributed by atoms with van der Waals surface area (Å²) in [6.45, 7) is -0.0219. The first-order valence-electron chi connectivity index (χ1n) is 5.81. The fraction of sp³-hybridized carbons (Fsp3) is 0.143. The lowest BCUT2D eigenvalue weighted by Crippen LogP contribution is -2.36.